The predicted molar refractivity (Wildman–Crippen MR) is 48.7 cm³/mol. The fourth-order valence-electron chi connectivity index (χ4n) is 1.32. The molecule has 0 spiro atoms. The molecular weight excluding hydrogens is 152 g/mol. The number of morpholine rings is 1. The molecule has 0 radical (unpaired) electrons. The van der Waals surface area contributed by atoms with Gasteiger partial charge in [0.2, 0.25) is 0 Å². The molecule has 3 nitrogen and oxygen atoms in total. The summed E-state index contributed by atoms with van der Waals surface area (Å²) in [6, 6.07) is 0.0885. The Labute approximate surface area is 73.9 Å². The Kier molecular flexibility index (Phi) is 3.54. The zero-order valence-corrected chi connectivity index (χ0v) is 7.49. The predicted octanol–water partition coefficient (Wildman–Crippen LogP) is -0.332. The Hall–Kier alpha value is -0.560. The summed E-state index contributed by atoms with van der Waals surface area (Å²) in [5.74, 6) is 2.63. The van der Waals surface area contributed by atoms with E-state index in [1.165, 1.54) is 0 Å². The second-order valence-corrected chi connectivity index (χ2v) is 3.21. The molecule has 0 aromatic carbocycles. The van der Waals surface area contributed by atoms with E-state index in [0.717, 1.165) is 19.7 Å². The summed E-state index contributed by atoms with van der Waals surface area (Å²) in [5.41, 5.74) is 5.72. The third-order valence-electron chi connectivity index (χ3n) is 2.08. The molecule has 1 saturated heterocycles. The molecule has 3 heteroatoms. The van der Waals surface area contributed by atoms with Crippen LogP contribution < -0.4 is 5.73 Å². The van der Waals surface area contributed by atoms with Crippen LogP contribution in [0.25, 0.3) is 0 Å². The van der Waals surface area contributed by atoms with E-state index in [9.17, 15) is 0 Å². The minimum absolute atomic E-state index is 0.0885. The summed E-state index contributed by atoms with van der Waals surface area (Å²) in [6.07, 6.45) is 5.36. The highest BCUT2D eigenvalue weighted by Crippen LogP contribution is 2.06. The van der Waals surface area contributed by atoms with E-state index in [1.54, 1.807) is 0 Å². The van der Waals surface area contributed by atoms with E-state index < -0.39 is 0 Å². The highest BCUT2D eigenvalue weighted by atomic mass is 16.5. The third-order valence-corrected chi connectivity index (χ3v) is 2.08. The molecule has 2 N–H and O–H groups in total. The standard InChI is InChI=1S/C9H16N2O/c1-3-4-11-5-6-12-9(7-11)8(2)10/h1,8-9H,4-7,10H2,2H3. The van der Waals surface area contributed by atoms with Gasteiger partial charge in [-0.15, -0.1) is 6.42 Å². The van der Waals surface area contributed by atoms with Crippen molar-refractivity contribution < 1.29 is 4.74 Å². The van der Waals surface area contributed by atoms with Crippen LogP contribution in [0.1, 0.15) is 6.92 Å². The molecular formula is C9H16N2O. The summed E-state index contributed by atoms with van der Waals surface area (Å²) in [5, 5.41) is 0. The number of hydrogen-bond donors (Lipinski definition) is 1. The van der Waals surface area contributed by atoms with Gasteiger partial charge in [0.25, 0.3) is 0 Å². The van der Waals surface area contributed by atoms with Gasteiger partial charge >= 0.3 is 0 Å². The van der Waals surface area contributed by atoms with Crippen LogP contribution in [-0.2, 0) is 4.74 Å². The molecule has 0 bridgehead atoms. The van der Waals surface area contributed by atoms with Crippen molar-refractivity contribution in [1.82, 2.24) is 4.90 Å². The van der Waals surface area contributed by atoms with E-state index in [2.05, 4.69) is 10.8 Å². The van der Waals surface area contributed by atoms with Crippen molar-refractivity contribution in [3.8, 4) is 12.3 Å². The van der Waals surface area contributed by atoms with Gasteiger partial charge in [0.15, 0.2) is 0 Å². The number of ether oxygens (including phenoxy) is 1. The van der Waals surface area contributed by atoms with Crippen molar-refractivity contribution in [3.63, 3.8) is 0 Å². The largest absolute Gasteiger partial charge is 0.374 e. The van der Waals surface area contributed by atoms with E-state index in [0.29, 0.717) is 6.54 Å². The lowest BCUT2D eigenvalue weighted by atomic mass is 10.1. The maximum absolute atomic E-state index is 5.72. The first-order valence-electron chi connectivity index (χ1n) is 4.27. The van der Waals surface area contributed by atoms with E-state index in [-0.39, 0.29) is 12.1 Å². The number of terminal acetylenes is 1. The van der Waals surface area contributed by atoms with Crippen LogP contribution in [-0.4, -0.2) is 43.3 Å². The number of nitrogens with zero attached hydrogens (tertiary/aromatic N) is 1. The molecule has 0 aromatic heterocycles. The van der Waals surface area contributed by atoms with Gasteiger partial charge in [0.05, 0.1) is 19.3 Å². The second-order valence-electron chi connectivity index (χ2n) is 3.21. The SMILES string of the molecule is C#CCN1CCOC(C(C)N)C1. The summed E-state index contributed by atoms with van der Waals surface area (Å²) in [4.78, 5) is 2.19. The molecule has 0 aliphatic carbocycles. The first-order chi connectivity index (χ1) is 5.74. The number of rotatable bonds is 2. The van der Waals surface area contributed by atoms with Gasteiger partial charge in [0.1, 0.15) is 0 Å². The first-order valence-corrected chi connectivity index (χ1v) is 4.27. The third kappa shape index (κ3) is 2.49. The topological polar surface area (TPSA) is 38.5 Å². The zero-order chi connectivity index (χ0) is 8.97. The smallest absolute Gasteiger partial charge is 0.0850 e. The molecule has 0 saturated carbocycles. The maximum Gasteiger partial charge on any atom is 0.0850 e. The van der Waals surface area contributed by atoms with Crippen LogP contribution >= 0.6 is 0 Å². The zero-order valence-electron chi connectivity index (χ0n) is 7.49. The summed E-state index contributed by atoms with van der Waals surface area (Å²) in [6.45, 7) is 5.19. The summed E-state index contributed by atoms with van der Waals surface area (Å²) < 4.78 is 5.48. The van der Waals surface area contributed by atoms with Crippen molar-refractivity contribution in [2.45, 2.75) is 19.1 Å². The number of nitrogens with two attached hydrogens (primary N) is 1. The molecule has 2 atom stereocenters. The van der Waals surface area contributed by atoms with Crippen LogP contribution in [0, 0.1) is 12.3 Å². The van der Waals surface area contributed by atoms with Crippen LogP contribution in [0.3, 0.4) is 0 Å². The van der Waals surface area contributed by atoms with Gasteiger partial charge in [0, 0.05) is 19.1 Å². The Balaban J connectivity index is 2.36. The molecule has 1 rings (SSSR count). The van der Waals surface area contributed by atoms with Crippen molar-refractivity contribution in [2.24, 2.45) is 5.73 Å². The van der Waals surface area contributed by atoms with Crippen molar-refractivity contribution in [2.75, 3.05) is 26.2 Å². The lowest BCUT2D eigenvalue weighted by Crippen LogP contribution is -2.49. The quantitative estimate of drug-likeness (QED) is 0.574. The van der Waals surface area contributed by atoms with Crippen LogP contribution in [0.4, 0.5) is 0 Å². The fraction of sp³-hybridized carbons (Fsp3) is 0.778. The van der Waals surface area contributed by atoms with Crippen LogP contribution in [0.5, 0.6) is 0 Å². The monoisotopic (exact) mass is 168 g/mol. The van der Waals surface area contributed by atoms with Gasteiger partial charge in [-0.05, 0) is 6.92 Å². The molecule has 0 amide bonds. The Morgan fingerprint density at radius 3 is 3.17 bits per heavy atom. The Morgan fingerprint density at radius 1 is 1.83 bits per heavy atom. The van der Waals surface area contributed by atoms with Crippen molar-refractivity contribution in [3.05, 3.63) is 0 Å². The molecule has 68 valence electrons. The molecule has 1 aliphatic heterocycles. The summed E-state index contributed by atoms with van der Waals surface area (Å²) >= 11 is 0. The highest BCUT2D eigenvalue weighted by molar-refractivity contribution is 4.90. The molecule has 2 unspecified atom stereocenters. The normalized spacial score (nSPS) is 27.9. The first kappa shape index (κ1) is 9.53. The number of hydrogen-bond acceptors (Lipinski definition) is 3. The molecule has 1 aliphatic rings. The van der Waals surface area contributed by atoms with Gasteiger partial charge in [-0.25, -0.2) is 0 Å². The minimum atomic E-state index is 0.0885. The molecule has 12 heavy (non-hydrogen) atoms. The lowest BCUT2D eigenvalue weighted by molar-refractivity contribution is -0.0332. The molecule has 1 heterocycles. The Morgan fingerprint density at radius 2 is 2.58 bits per heavy atom. The van der Waals surface area contributed by atoms with Crippen LogP contribution in [0.15, 0.2) is 0 Å². The van der Waals surface area contributed by atoms with E-state index in [4.69, 9.17) is 16.9 Å². The summed E-state index contributed by atoms with van der Waals surface area (Å²) in [7, 11) is 0. The van der Waals surface area contributed by atoms with Crippen molar-refractivity contribution in [1.29, 1.82) is 0 Å². The van der Waals surface area contributed by atoms with Gasteiger partial charge in [-0.3, -0.25) is 4.90 Å². The average molecular weight is 168 g/mol. The molecule has 1 fully saturated rings. The van der Waals surface area contributed by atoms with Gasteiger partial charge in [-0.1, -0.05) is 5.92 Å². The van der Waals surface area contributed by atoms with Crippen molar-refractivity contribution >= 4 is 0 Å². The minimum Gasteiger partial charge on any atom is -0.374 e. The second kappa shape index (κ2) is 4.46. The van der Waals surface area contributed by atoms with E-state index in [1.807, 2.05) is 6.92 Å². The lowest BCUT2D eigenvalue weighted by Gasteiger charge is -2.33. The average Bonchev–Trinajstić information content (AvgIpc) is 2.05. The van der Waals surface area contributed by atoms with Gasteiger partial charge in [-0.2, -0.15) is 0 Å². The fourth-order valence-corrected chi connectivity index (χ4v) is 1.32. The van der Waals surface area contributed by atoms with E-state index >= 15 is 0 Å². The molecule has 0 aromatic rings. The highest BCUT2D eigenvalue weighted by Gasteiger charge is 2.22. The van der Waals surface area contributed by atoms with Crippen LogP contribution in [0.2, 0.25) is 0 Å². The van der Waals surface area contributed by atoms with Gasteiger partial charge < -0.3 is 10.5 Å². The Bertz CT molecular complexity index is 174. The maximum atomic E-state index is 5.72.